The second kappa shape index (κ2) is 23.8. The molecule has 0 saturated carbocycles. The van der Waals surface area contributed by atoms with Crippen molar-refractivity contribution in [3.8, 4) is 0 Å². The standard InChI is InChI=1S/C18H38O3.H4O5P2/c1-3-4-5-6-7-8-9-10-11-12-13-14-18(20)16-21-17(2)15-19;1-6(2)5-7(3)4/h17-20H,3-16H2,1-2H3;1-4H. The van der Waals surface area contributed by atoms with Crippen molar-refractivity contribution in [3.05, 3.63) is 0 Å². The molecular formula is C18H42O8P2. The Balaban J connectivity index is 0. The lowest BCUT2D eigenvalue weighted by molar-refractivity contribution is -0.0259. The van der Waals surface area contributed by atoms with Gasteiger partial charge in [0.25, 0.3) is 0 Å². The van der Waals surface area contributed by atoms with Gasteiger partial charge >= 0.3 is 17.2 Å². The van der Waals surface area contributed by atoms with Crippen molar-refractivity contribution in [1.82, 2.24) is 0 Å². The molecule has 8 nitrogen and oxygen atoms in total. The molecule has 0 aromatic carbocycles. The fourth-order valence-corrected chi connectivity index (χ4v) is 3.04. The third kappa shape index (κ3) is 28.7. The maximum absolute atomic E-state index is 9.73. The molecule has 0 bridgehead atoms. The van der Waals surface area contributed by atoms with Crippen LogP contribution in [0.4, 0.5) is 0 Å². The van der Waals surface area contributed by atoms with Gasteiger partial charge in [-0.2, -0.15) is 0 Å². The first-order valence-corrected chi connectivity index (χ1v) is 12.6. The third-order valence-electron chi connectivity index (χ3n) is 4.12. The highest BCUT2D eigenvalue weighted by molar-refractivity contribution is 7.53. The van der Waals surface area contributed by atoms with E-state index in [0.29, 0.717) is 6.61 Å². The zero-order chi connectivity index (χ0) is 21.6. The zero-order valence-electron chi connectivity index (χ0n) is 17.4. The Hall–Kier alpha value is 0.540. The van der Waals surface area contributed by atoms with Crippen LogP contribution in [0.1, 0.15) is 90.9 Å². The monoisotopic (exact) mass is 448 g/mol. The molecule has 0 radical (unpaired) electrons. The number of rotatable bonds is 18. The highest BCUT2D eigenvalue weighted by Gasteiger charge is 2.07. The van der Waals surface area contributed by atoms with Gasteiger partial charge < -0.3 is 34.5 Å². The first-order valence-electron chi connectivity index (χ1n) is 10.3. The predicted octanol–water partition coefficient (Wildman–Crippen LogP) is 3.87. The first kappa shape index (κ1) is 30.7. The fraction of sp³-hybridized carbons (Fsp3) is 1.00. The van der Waals surface area contributed by atoms with Gasteiger partial charge in [-0.1, -0.05) is 77.6 Å². The van der Waals surface area contributed by atoms with Crippen LogP contribution in [0.15, 0.2) is 0 Å². The van der Waals surface area contributed by atoms with E-state index in [9.17, 15) is 5.11 Å². The summed E-state index contributed by atoms with van der Waals surface area (Å²) in [6.45, 7) is 4.44. The maximum atomic E-state index is 9.73. The Morgan fingerprint density at radius 3 is 1.54 bits per heavy atom. The molecule has 0 aliphatic rings. The lowest BCUT2D eigenvalue weighted by atomic mass is 10.0. The molecule has 28 heavy (non-hydrogen) atoms. The molecule has 2 unspecified atom stereocenters. The quantitative estimate of drug-likeness (QED) is 0.137. The lowest BCUT2D eigenvalue weighted by Gasteiger charge is -2.14. The summed E-state index contributed by atoms with van der Waals surface area (Å²) in [5.41, 5.74) is 0. The van der Waals surface area contributed by atoms with Gasteiger partial charge in [0.1, 0.15) is 0 Å². The van der Waals surface area contributed by atoms with Gasteiger partial charge in [-0.15, -0.1) is 0 Å². The molecule has 6 N–H and O–H groups in total. The van der Waals surface area contributed by atoms with Crippen molar-refractivity contribution in [1.29, 1.82) is 0 Å². The summed E-state index contributed by atoms with van der Waals surface area (Å²) in [5, 5.41) is 18.5. The average molecular weight is 448 g/mol. The Kier molecular flexibility index (Phi) is 26.1. The van der Waals surface area contributed by atoms with Crippen LogP contribution in [0.5, 0.6) is 0 Å². The molecule has 0 fully saturated rings. The van der Waals surface area contributed by atoms with Crippen molar-refractivity contribution >= 4 is 17.2 Å². The Labute approximate surface area is 172 Å². The number of unbranched alkanes of at least 4 members (excludes halogenated alkanes) is 10. The molecule has 0 aromatic rings. The van der Waals surface area contributed by atoms with Gasteiger partial charge in [-0.25, -0.2) is 4.31 Å². The van der Waals surface area contributed by atoms with Gasteiger partial charge in [0.05, 0.1) is 25.4 Å². The number of hydrogen-bond acceptors (Lipinski definition) is 8. The number of hydrogen-bond donors (Lipinski definition) is 6. The van der Waals surface area contributed by atoms with Gasteiger partial charge in [-0.3, -0.25) is 0 Å². The van der Waals surface area contributed by atoms with E-state index in [1.54, 1.807) is 0 Å². The number of aliphatic hydroxyl groups is 2. The molecule has 10 heteroatoms. The van der Waals surface area contributed by atoms with Gasteiger partial charge in [-0.05, 0) is 13.3 Å². The minimum atomic E-state index is -2.61. The molecule has 0 saturated heterocycles. The Morgan fingerprint density at radius 1 is 0.750 bits per heavy atom. The molecule has 0 aromatic heterocycles. The highest BCUT2D eigenvalue weighted by atomic mass is 31.2. The summed E-state index contributed by atoms with van der Waals surface area (Å²) in [4.78, 5) is 31.3. The van der Waals surface area contributed by atoms with Gasteiger partial charge in [0.15, 0.2) is 0 Å². The molecule has 0 aliphatic carbocycles. The number of aliphatic hydroxyl groups excluding tert-OH is 2. The molecule has 0 spiro atoms. The Morgan fingerprint density at radius 2 is 1.18 bits per heavy atom. The smallest absolute Gasteiger partial charge is 0.334 e. The predicted molar refractivity (Wildman–Crippen MR) is 113 cm³/mol. The minimum absolute atomic E-state index is 0.0190. The van der Waals surface area contributed by atoms with E-state index in [0.717, 1.165) is 12.8 Å². The minimum Gasteiger partial charge on any atom is -0.394 e. The van der Waals surface area contributed by atoms with Crippen molar-refractivity contribution in [2.45, 2.75) is 103 Å². The van der Waals surface area contributed by atoms with Crippen LogP contribution >= 0.6 is 17.2 Å². The summed E-state index contributed by atoms with van der Waals surface area (Å²) in [7, 11) is -5.22. The van der Waals surface area contributed by atoms with E-state index in [1.807, 2.05) is 6.92 Å². The largest absolute Gasteiger partial charge is 0.394 e. The van der Waals surface area contributed by atoms with E-state index in [-0.39, 0.29) is 18.8 Å². The first-order chi connectivity index (χ1) is 13.3. The van der Waals surface area contributed by atoms with Crippen LogP contribution in [0.3, 0.4) is 0 Å². The summed E-state index contributed by atoms with van der Waals surface area (Å²) in [5.74, 6) is 0. The van der Waals surface area contributed by atoms with Crippen LogP contribution in [0.2, 0.25) is 0 Å². The van der Waals surface area contributed by atoms with E-state index < -0.39 is 17.2 Å². The molecular weight excluding hydrogens is 406 g/mol. The van der Waals surface area contributed by atoms with Crippen molar-refractivity contribution in [2.75, 3.05) is 13.2 Å². The van der Waals surface area contributed by atoms with Crippen LogP contribution < -0.4 is 0 Å². The summed E-state index contributed by atoms with van der Waals surface area (Å²) in [6, 6.07) is 0. The maximum Gasteiger partial charge on any atom is 0.334 e. The van der Waals surface area contributed by atoms with E-state index in [1.165, 1.54) is 64.2 Å². The molecule has 0 aliphatic heterocycles. The van der Waals surface area contributed by atoms with Crippen LogP contribution in [0.25, 0.3) is 0 Å². The summed E-state index contributed by atoms with van der Waals surface area (Å²) in [6.07, 6.45) is 14.9. The van der Waals surface area contributed by atoms with E-state index >= 15 is 0 Å². The summed E-state index contributed by atoms with van der Waals surface area (Å²) >= 11 is 0. The van der Waals surface area contributed by atoms with E-state index in [2.05, 4.69) is 11.2 Å². The van der Waals surface area contributed by atoms with E-state index in [4.69, 9.17) is 29.4 Å². The number of ether oxygens (including phenoxy) is 1. The fourth-order valence-electron chi connectivity index (χ4n) is 2.52. The van der Waals surface area contributed by atoms with Crippen molar-refractivity contribution < 1.29 is 38.8 Å². The molecule has 0 amide bonds. The second-order valence-corrected chi connectivity index (χ2v) is 8.56. The third-order valence-corrected chi connectivity index (χ3v) is 5.29. The lowest BCUT2D eigenvalue weighted by Crippen LogP contribution is -2.21. The van der Waals surface area contributed by atoms with Gasteiger partial charge in [0.2, 0.25) is 0 Å². The molecule has 2 atom stereocenters. The second-order valence-electron chi connectivity index (χ2n) is 6.89. The van der Waals surface area contributed by atoms with Crippen LogP contribution in [-0.2, 0) is 9.05 Å². The molecule has 0 heterocycles. The van der Waals surface area contributed by atoms with Crippen LogP contribution in [-0.4, -0.2) is 55.2 Å². The molecule has 0 rings (SSSR count). The highest BCUT2D eigenvalue weighted by Crippen LogP contribution is 2.41. The average Bonchev–Trinajstić information content (AvgIpc) is 2.63. The summed E-state index contributed by atoms with van der Waals surface area (Å²) < 4.78 is 8.91. The topological polar surface area (TPSA) is 140 Å². The van der Waals surface area contributed by atoms with Crippen molar-refractivity contribution in [2.24, 2.45) is 0 Å². The van der Waals surface area contributed by atoms with Crippen LogP contribution in [0, 0.1) is 0 Å². The molecule has 172 valence electrons. The zero-order valence-corrected chi connectivity index (χ0v) is 19.2. The Bertz CT molecular complexity index is 293. The normalized spacial score (nSPS) is 13.5. The van der Waals surface area contributed by atoms with Gasteiger partial charge in [0, 0.05) is 0 Å². The van der Waals surface area contributed by atoms with Crippen molar-refractivity contribution in [3.63, 3.8) is 0 Å². The SMILES string of the molecule is CCCCCCCCCCCCCC(O)COC(C)CO.OP(O)OP(O)O.